The largest absolute Gasteiger partial charge is 0.477 e. The topological polar surface area (TPSA) is 98.8 Å². The molecule has 3 aromatic rings. The normalized spacial score (nSPS) is 10.9. The van der Waals surface area contributed by atoms with Crippen molar-refractivity contribution in [3.63, 3.8) is 0 Å². The average molecular weight is 244 g/mol. The number of carboxylic acids is 1. The number of aryl methyl sites for hydroxylation is 1. The van der Waals surface area contributed by atoms with Gasteiger partial charge in [0.15, 0.2) is 11.9 Å². The Hall–Kier alpha value is -2.70. The minimum absolute atomic E-state index is 0.0107. The molecule has 0 spiro atoms. The highest BCUT2D eigenvalue weighted by Crippen LogP contribution is 2.19. The Bertz CT molecular complexity index is 743. The van der Waals surface area contributed by atoms with Gasteiger partial charge in [0.05, 0.1) is 11.9 Å². The molecule has 3 rings (SSSR count). The van der Waals surface area contributed by atoms with Crippen molar-refractivity contribution in [1.82, 2.24) is 20.1 Å². The van der Waals surface area contributed by atoms with Gasteiger partial charge in [-0.05, 0) is 13.0 Å². The van der Waals surface area contributed by atoms with Crippen molar-refractivity contribution in [3.8, 4) is 11.3 Å². The van der Waals surface area contributed by atoms with Crippen molar-refractivity contribution in [2.24, 2.45) is 0 Å². The molecule has 3 N–H and O–H groups in total. The van der Waals surface area contributed by atoms with Gasteiger partial charge in [-0.3, -0.25) is 0 Å². The van der Waals surface area contributed by atoms with Crippen molar-refractivity contribution in [1.29, 1.82) is 0 Å². The van der Waals surface area contributed by atoms with Gasteiger partial charge >= 0.3 is 11.6 Å². The van der Waals surface area contributed by atoms with E-state index in [2.05, 4.69) is 20.1 Å². The molecule has 0 unspecified atom stereocenters. The Labute approximate surface area is 101 Å². The molecule has 0 atom stereocenters. The Morgan fingerprint density at radius 1 is 1.44 bits per heavy atom. The summed E-state index contributed by atoms with van der Waals surface area (Å²) < 4.78 is 1.78. The molecule has 18 heavy (non-hydrogen) atoms. The predicted molar refractivity (Wildman–Crippen MR) is 61.0 cm³/mol. The van der Waals surface area contributed by atoms with Crippen LogP contribution in [0.15, 0.2) is 24.7 Å². The van der Waals surface area contributed by atoms with E-state index in [1.54, 1.807) is 23.8 Å². The highest BCUT2D eigenvalue weighted by Gasteiger charge is 2.17. The molecule has 0 saturated carbocycles. The molecule has 7 nitrogen and oxygen atoms in total. The van der Waals surface area contributed by atoms with Crippen LogP contribution in [0.1, 0.15) is 16.3 Å². The summed E-state index contributed by atoms with van der Waals surface area (Å²) in [4.78, 5) is 22.2. The number of fused-ring (bicyclic) bond motifs is 1. The van der Waals surface area contributed by atoms with Crippen LogP contribution < -0.4 is 4.52 Å². The van der Waals surface area contributed by atoms with Crippen LogP contribution in [0.25, 0.3) is 16.9 Å². The first-order valence-corrected chi connectivity index (χ1v) is 5.30. The average Bonchev–Trinajstić information content (AvgIpc) is 2.89. The number of hydrogen-bond donors (Lipinski definition) is 3. The van der Waals surface area contributed by atoms with Crippen molar-refractivity contribution >= 4 is 11.6 Å². The Balaban J connectivity index is 2.23. The van der Waals surface area contributed by atoms with Crippen LogP contribution in [0.2, 0.25) is 0 Å². The fraction of sp³-hybridized carbons (Fsp3) is 0.0909. The number of carbonyl (C=O) groups is 1. The van der Waals surface area contributed by atoms with Crippen LogP contribution in [0.4, 0.5) is 0 Å². The number of aromatic nitrogens is 5. The van der Waals surface area contributed by atoms with Gasteiger partial charge in [-0.1, -0.05) is 0 Å². The van der Waals surface area contributed by atoms with Crippen LogP contribution in [-0.2, 0) is 0 Å². The molecule has 0 amide bonds. The lowest BCUT2D eigenvalue weighted by molar-refractivity contribution is -0.574. The summed E-state index contributed by atoms with van der Waals surface area (Å²) in [6.07, 6.45) is 5.37. The molecule has 0 aliphatic carbocycles. The number of nitrogens with zero attached hydrogens (tertiary/aromatic N) is 3. The number of nitrogens with one attached hydrogen (secondary N) is 2. The second-order valence-corrected chi connectivity index (χ2v) is 3.86. The van der Waals surface area contributed by atoms with E-state index < -0.39 is 5.97 Å². The number of H-pyrrole nitrogens is 2. The first-order valence-electron chi connectivity index (χ1n) is 5.30. The Morgan fingerprint density at radius 2 is 2.28 bits per heavy atom. The summed E-state index contributed by atoms with van der Waals surface area (Å²) in [7, 11) is 0. The highest BCUT2D eigenvalue weighted by atomic mass is 16.4. The van der Waals surface area contributed by atoms with Gasteiger partial charge in [0.2, 0.25) is 0 Å². The zero-order valence-electron chi connectivity index (χ0n) is 9.51. The van der Waals surface area contributed by atoms with E-state index in [9.17, 15) is 4.79 Å². The Kier molecular flexibility index (Phi) is 2.12. The smallest absolute Gasteiger partial charge is 0.354 e. The molecule has 90 valence electrons. The molecule has 7 heteroatoms. The van der Waals surface area contributed by atoms with Crippen molar-refractivity contribution in [3.05, 3.63) is 36.2 Å². The van der Waals surface area contributed by atoms with Gasteiger partial charge in [-0.25, -0.2) is 24.8 Å². The molecule has 0 saturated heterocycles. The summed E-state index contributed by atoms with van der Waals surface area (Å²) in [6.45, 7) is 1.67. The molecule has 0 fully saturated rings. The van der Waals surface area contributed by atoms with Crippen LogP contribution in [0, 0.1) is 6.92 Å². The van der Waals surface area contributed by atoms with Crippen LogP contribution in [0.3, 0.4) is 0 Å². The summed E-state index contributed by atoms with van der Waals surface area (Å²) in [5.41, 5.74) is 2.18. The maximum absolute atomic E-state index is 11.0. The van der Waals surface area contributed by atoms with Crippen molar-refractivity contribution < 1.29 is 14.4 Å². The van der Waals surface area contributed by atoms with E-state index >= 15 is 0 Å². The number of aromatic carboxylic acids is 1. The second kappa shape index (κ2) is 3.66. The predicted octanol–water partition coefficient (Wildman–Crippen LogP) is 0.545. The van der Waals surface area contributed by atoms with E-state index in [0.717, 1.165) is 11.2 Å². The fourth-order valence-electron chi connectivity index (χ4n) is 1.86. The minimum Gasteiger partial charge on any atom is -0.477 e. The van der Waals surface area contributed by atoms with Gasteiger partial charge in [-0.2, -0.15) is 0 Å². The van der Waals surface area contributed by atoms with Crippen molar-refractivity contribution in [2.45, 2.75) is 6.92 Å². The second-order valence-electron chi connectivity index (χ2n) is 3.86. The molecule has 0 aliphatic heterocycles. The van der Waals surface area contributed by atoms with Gasteiger partial charge in [0.25, 0.3) is 0 Å². The lowest BCUT2D eigenvalue weighted by Gasteiger charge is -1.99. The molecule has 0 aliphatic rings. The van der Waals surface area contributed by atoms with Crippen LogP contribution in [0.5, 0.6) is 0 Å². The third kappa shape index (κ3) is 1.53. The molecular formula is C11H10N5O2+. The summed E-state index contributed by atoms with van der Waals surface area (Å²) in [6, 6.07) is 1.46. The van der Waals surface area contributed by atoms with E-state index in [-0.39, 0.29) is 5.69 Å². The molecule has 3 aromatic heterocycles. The SMILES string of the molecule is Cc1nc(C(=O)O)cc(-c2c[nH][n+]3cc[nH]c23)n1. The quantitative estimate of drug-likeness (QED) is 0.573. The minimum atomic E-state index is -1.06. The summed E-state index contributed by atoms with van der Waals surface area (Å²) in [5, 5.41) is 12.0. The third-order valence-electron chi connectivity index (χ3n) is 2.62. The van der Waals surface area contributed by atoms with Gasteiger partial charge < -0.3 is 5.11 Å². The first kappa shape index (κ1) is 10.5. The summed E-state index contributed by atoms with van der Waals surface area (Å²) in [5.74, 6) is -0.636. The van der Waals surface area contributed by atoms with E-state index in [1.165, 1.54) is 6.07 Å². The number of imidazole rings is 1. The number of rotatable bonds is 2. The highest BCUT2D eigenvalue weighted by molar-refractivity contribution is 5.87. The molecule has 0 bridgehead atoms. The zero-order chi connectivity index (χ0) is 12.7. The molecule has 0 aromatic carbocycles. The van der Waals surface area contributed by atoms with Gasteiger partial charge in [0.1, 0.15) is 17.6 Å². The molecular weight excluding hydrogens is 234 g/mol. The zero-order valence-corrected chi connectivity index (χ0v) is 9.51. The lowest BCUT2D eigenvalue weighted by Crippen LogP contribution is -2.18. The standard InChI is InChI=1S/C11H9N5O2/c1-6-14-8(4-9(15-6)11(17)18)7-5-13-16-3-2-12-10(7)16/h2-5H,1H3,(H2,12,13,14,15,17,18)/p+1. The Morgan fingerprint density at radius 3 is 3.06 bits per heavy atom. The van der Waals surface area contributed by atoms with E-state index in [4.69, 9.17) is 5.11 Å². The number of aromatic amines is 2. The van der Waals surface area contributed by atoms with E-state index in [0.29, 0.717) is 11.5 Å². The van der Waals surface area contributed by atoms with Crippen molar-refractivity contribution in [2.75, 3.05) is 0 Å². The molecule has 3 heterocycles. The van der Waals surface area contributed by atoms with Crippen LogP contribution >= 0.6 is 0 Å². The maximum atomic E-state index is 11.0. The number of hydrogen-bond acceptors (Lipinski definition) is 3. The van der Waals surface area contributed by atoms with Gasteiger partial charge in [-0.15, -0.1) is 4.52 Å². The van der Waals surface area contributed by atoms with Crippen LogP contribution in [-0.4, -0.2) is 31.1 Å². The van der Waals surface area contributed by atoms with Gasteiger partial charge in [0, 0.05) is 0 Å². The fourth-order valence-corrected chi connectivity index (χ4v) is 1.86. The van der Waals surface area contributed by atoms with E-state index in [1.807, 2.05) is 6.20 Å². The maximum Gasteiger partial charge on any atom is 0.354 e. The first-order chi connectivity index (χ1) is 8.65. The monoisotopic (exact) mass is 244 g/mol. The third-order valence-corrected chi connectivity index (χ3v) is 2.62. The number of carboxylic acid groups (broad SMARTS) is 1. The summed E-state index contributed by atoms with van der Waals surface area (Å²) >= 11 is 0. The lowest BCUT2D eigenvalue weighted by atomic mass is 10.2. The molecule has 0 radical (unpaired) electrons.